The first kappa shape index (κ1) is 8.97. The van der Waals surface area contributed by atoms with Crippen molar-refractivity contribution in [2.45, 2.75) is 5.38 Å². The molecule has 0 aliphatic rings. The summed E-state index contributed by atoms with van der Waals surface area (Å²) in [5.41, 5.74) is 0. The predicted molar refractivity (Wildman–Crippen MR) is 40.4 cm³/mol. The average Bonchev–Trinajstić information content (AvgIpc) is 1.83. The average molecular weight is 192 g/mol. The van der Waals surface area contributed by atoms with Crippen molar-refractivity contribution in [3.05, 3.63) is 0 Å². The summed E-state index contributed by atoms with van der Waals surface area (Å²) in [4.78, 5) is 0. The van der Waals surface area contributed by atoms with E-state index >= 15 is 0 Å². The van der Waals surface area contributed by atoms with Gasteiger partial charge in [0.25, 0.3) is 0 Å². The molecule has 1 nitrogen and oxygen atoms in total. The number of hydrogen-bond donors (Lipinski definition) is 0. The van der Waals surface area contributed by atoms with Crippen molar-refractivity contribution in [2.24, 2.45) is 4.74 Å². The highest BCUT2D eigenvalue weighted by Gasteiger charge is 1.97. The van der Waals surface area contributed by atoms with Crippen LogP contribution in [0.25, 0.3) is 0 Å². The molecule has 0 heterocycles. The summed E-state index contributed by atoms with van der Waals surface area (Å²) in [6, 6.07) is 0. The van der Waals surface area contributed by atoms with Gasteiger partial charge in [0.2, 0.25) is 0 Å². The molecule has 0 fully saturated rings. The molecule has 0 aliphatic carbocycles. The van der Waals surface area contributed by atoms with Crippen molar-refractivity contribution in [3.8, 4) is 0 Å². The largest absolute Gasteiger partial charge is 0.251 e. The van der Waals surface area contributed by atoms with E-state index in [1.807, 2.05) is 0 Å². The minimum atomic E-state index is -0.0667. The summed E-state index contributed by atoms with van der Waals surface area (Å²) < 4.78 is 3.76. The fraction of sp³-hybridized carbons (Fsp3) is 1.00. The van der Waals surface area contributed by atoms with Gasteiger partial charge in [0.1, 0.15) is 7.73 Å². The first-order chi connectivity index (χ1) is 3.81. The van der Waals surface area contributed by atoms with Crippen LogP contribution in [0.15, 0.2) is 4.74 Å². The lowest BCUT2D eigenvalue weighted by Gasteiger charge is -1.95. The van der Waals surface area contributed by atoms with Crippen LogP contribution in [0.4, 0.5) is 0 Å². The second kappa shape index (κ2) is 6.10. The third kappa shape index (κ3) is 5.11. The van der Waals surface area contributed by atoms with Gasteiger partial charge in [-0.1, -0.05) is 0 Å². The summed E-state index contributed by atoms with van der Waals surface area (Å²) in [5.74, 6) is 0.428. The second-order valence-corrected chi connectivity index (χ2v) is 2.96. The Morgan fingerprint density at radius 1 is 1.62 bits per heavy atom. The quantitative estimate of drug-likeness (QED) is 0.481. The third-order valence-corrected chi connectivity index (χ3v) is 1.91. The van der Waals surface area contributed by atoms with Crippen LogP contribution in [0.5, 0.6) is 0 Å². The van der Waals surface area contributed by atoms with E-state index in [1.54, 1.807) is 0 Å². The molecule has 0 saturated carbocycles. The zero-order valence-corrected chi connectivity index (χ0v) is 7.18. The minimum absolute atomic E-state index is 0.0667. The zero-order valence-electron chi connectivity index (χ0n) is 4.02. The van der Waals surface area contributed by atoms with Crippen LogP contribution >= 0.6 is 42.2 Å². The maximum Gasteiger partial charge on any atom is 0.114 e. The molecule has 0 aromatic rings. The van der Waals surface area contributed by atoms with Crippen molar-refractivity contribution in [3.63, 3.8) is 0 Å². The van der Waals surface area contributed by atoms with E-state index in [2.05, 4.69) is 4.74 Å². The molecule has 0 saturated heterocycles. The summed E-state index contributed by atoms with van der Waals surface area (Å²) in [6.45, 7) is 0.538. The van der Waals surface area contributed by atoms with E-state index in [0.29, 0.717) is 20.2 Å². The Kier molecular flexibility index (Phi) is 6.83. The number of halogens is 3. The number of nitrogens with zero attached hydrogens (tertiary/aromatic N) is 1. The normalized spacial score (nSPS) is 14.9. The lowest BCUT2D eigenvalue weighted by Crippen LogP contribution is -2.02. The van der Waals surface area contributed by atoms with Crippen molar-refractivity contribution < 1.29 is 0 Å². The highest BCUT2D eigenvalue weighted by molar-refractivity contribution is 7.60. The molecule has 0 spiro atoms. The summed E-state index contributed by atoms with van der Waals surface area (Å²) >= 11 is 16.1. The van der Waals surface area contributed by atoms with Gasteiger partial charge < -0.3 is 0 Å². The van der Waals surface area contributed by atoms with Crippen molar-refractivity contribution in [2.75, 3.05) is 12.4 Å². The van der Waals surface area contributed by atoms with E-state index in [4.69, 9.17) is 34.4 Å². The molecule has 0 radical (unpaired) electrons. The molecule has 8 heavy (non-hydrogen) atoms. The van der Waals surface area contributed by atoms with Crippen molar-refractivity contribution in [1.29, 1.82) is 0 Å². The summed E-state index contributed by atoms with van der Waals surface area (Å²) in [6.07, 6.45) is 0. The Hall–Kier alpha value is 0.970. The van der Waals surface area contributed by atoms with Gasteiger partial charge >= 0.3 is 0 Å². The van der Waals surface area contributed by atoms with Gasteiger partial charge in [0, 0.05) is 5.88 Å². The van der Waals surface area contributed by atoms with Crippen LogP contribution < -0.4 is 0 Å². The first-order valence-electron chi connectivity index (χ1n) is 1.99. The van der Waals surface area contributed by atoms with Gasteiger partial charge in [-0.25, -0.2) is 0 Å². The monoisotopic (exact) mass is 191 g/mol. The van der Waals surface area contributed by atoms with Gasteiger partial charge in [0.15, 0.2) is 0 Å². The zero-order chi connectivity index (χ0) is 6.41. The SMILES string of the molecule is ClCC(Cl)CN=PCl. The summed E-state index contributed by atoms with van der Waals surface area (Å²) in [5, 5.41) is -0.0667. The number of hydrogen-bond acceptors (Lipinski definition) is 1. The molecular weight excluding hydrogens is 187 g/mol. The van der Waals surface area contributed by atoms with Crippen molar-refractivity contribution >= 4 is 42.2 Å². The van der Waals surface area contributed by atoms with E-state index < -0.39 is 0 Å². The van der Waals surface area contributed by atoms with Crippen LogP contribution in [-0.4, -0.2) is 17.8 Å². The van der Waals surface area contributed by atoms with Crippen LogP contribution in [0.3, 0.4) is 0 Å². The molecule has 1 atom stereocenters. The molecule has 0 aromatic carbocycles. The van der Waals surface area contributed by atoms with E-state index in [1.165, 1.54) is 0 Å². The summed E-state index contributed by atoms with van der Waals surface area (Å²) in [7, 11) is 0.504. The molecule has 0 rings (SSSR count). The lowest BCUT2D eigenvalue weighted by atomic mass is 10.5. The maximum atomic E-state index is 5.56. The Bertz CT molecular complexity index is 76.9. The lowest BCUT2D eigenvalue weighted by molar-refractivity contribution is 0.961. The van der Waals surface area contributed by atoms with E-state index in [9.17, 15) is 0 Å². The second-order valence-electron chi connectivity index (χ2n) is 1.15. The smallest absolute Gasteiger partial charge is 0.114 e. The van der Waals surface area contributed by atoms with Crippen molar-refractivity contribution in [1.82, 2.24) is 0 Å². The first-order valence-corrected chi connectivity index (χ1v) is 4.71. The third-order valence-electron chi connectivity index (χ3n) is 0.501. The Balaban J connectivity index is 3.10. The molecule has 0 aliphatic heterocycles. The molecule has 48 valence electrons. The molecule has 5 heteroatoms. The predicted octanol–water partition coefficient (Wildman–Crippen LogP) is 3.12. The minimum Gasteiger partial charge on any atom is -0.251 e. The van der Waals surface area contributed by atoms with Gasteiger partial charge in [-0.3, -0.25) is 4.74 Å². The molecular formula is C3H5Cl3NP. The van der Waals surface area contributed by atoms with Gasteiger partial charge in [-0.2, -0.15) is 0 Å². The highest BCUT2D eigenvalue weighted by atomic mass is 35.7. The standard InChI is InChI=1S/C3H5Cl3NP/c4-1-3(5)2-7-8-6/h3H,1-2H2. The Morgan fingerprint density at radius 2 is 2.25 bits per heavy atom. The fourth-order valence-electron chi connectivity index (χ4n) is 0.168. The van der Waals surface area contributed by atoms with Crippen LogP contribution in [0.2, 0.25) is 0 Å². The number of alkyl halides is 2. The fourth-order valence-corrected chi connectivity index (χ4v) is 0.875. The Labute approximate surface area is 65.0 Å². The van der Waals surface area contributed by atoms with Crippen LogP contribution in [0.1, 0.15) is 0 Å². The molecule has 0 bridgehead atoms. The van der Waals surface area contributed by atoms with Gasteiger partial charge in [-0.05, 0) is 11.2 Å². The number of rotatable bonds is 3. The van der Waals surface area contributed by atoms with Gasteiger partial charge in [0.05, 0.1) is 11.9 Å². The van der Waals surface area contributed by atoms with E-state index in [0.717, 1.165) is 0 Å². The molecule has 1 unspecified atom stereocenters. The Morgan fingerprint density at radius 3 is 2.62 bits per heavy atom. The maximum absolute atomic E-state index is 5.56. The van der Waals surface area contributed by atoms with Crippen LogP contribution in [-0.2, 0) is 0 Å². The van der Waals surface area contributed by atoms with E-state index in [-0.39, 0.29) is 5.38 Å². The molecule has 0 aromatic heterocycles. The van der Waals surface area contributed by atoms with Gasteiger partial charge in [-0.15, -0.1) is 23.2 Å². The molecule has 0 N–H and O–H groups in total. The molecule has 0 amide bonds. The highest BCUT2D eigenvalue weighted by Crippen LogP contribution is 2.07. The topological polar surface area (TPSA) is 12.4 Å². The van der Waals surface area contributed by atoms with Crippen LogP contribution in [0, 0.1) is 0 Å².